The lowest BCUT2D eigenvalue weighted by atomic mass is 10.1. The lowest BCUT2D eigenvalue weighted by molar-refractivity contribution is 0.0602. The third kappa shape index (κ3) is 4.91. The number of ether oxygens (including phenoxy) is 1. The molecule has 0 unspecified atom stereocenters. The standard InChI is InChI=1S/C20H25ClN4O2/c1-24-7-9-25(10-8-24)13-14-3-6-18(17(22)11-14)23-19-12-15(21)4-5-16(19)20(26)27-2/h3-6,11-12,23H,7-10,13,22H2,1-2H3. The molecule has 1 saturated heterocycles. The van der Waals surface area contributed by atoms with Crippen LogP contribution in [-0.2, 0) is 11.3 Å². The van der Waals surface area contributed by atoms with E-state index in [-0.39, 0.29) is 0 Å². The number of rotatable bonds is 5. The van der Waals surface area contributed by atoms with Gasteiger partial charge in [-0.3, -0.25) is 4.90 Å². The summed E-state index contributed by atoms with van der Waals surface area (Å²) in [5.74, 6) is -0.431. The van der Waals surface area contributed by atoms with Crippen molar-refractivity contribution in [3.63, 3.8) is 0 Å². The van der Waals surface area contributed by atoms with Gasteiger partial charge in [-0.1, -0.05) is 17.7 Å². The Hall–Kier alpha value is -2.28. The molecule has 1 aliphatic heterocycles. The van der Waals surface area contributed by atoms with Gasteiger partial charge in [-0.05, 0) is 42.9 Å². The number of piperazine rings is 1. The molecule has 1 heterocycles. The number of benzene rings is 2. The molecule has 0 aliphatic carbocycles. The van der Waals surface area contributed by atoms with E-state index in [4.69, 9.17) is 22.1 Å². The van der Waals surface area contributed by atoms with Gasteiger partial charge < -0.3 is 20.7 Å². The van der Waals surface area contributed by atoms with Crippen LogP contribution in [0.4, 0.5) is 17.1 Å². The summed E-state index contributed by atoms with van der Waals surface area (Å²) in [6.07, 6.45) is 0. The fourth-order valence-corrected chi connectivity index (χ4v) is 3.31. The second-order valence-corrected chi connectivity index (χ2v) is 7.24. The maximum absolute atomic E-state index is 12.0. The number of nitrogen functional groups attached to an aromatic ring is 1. The number of esters is 1. The molecule has 1 aliphatic rings. The minimum atomic E-state index is -0.431. The minimum absolute atomic E-state index is 0.405. The summed E-state index contributed by atoms with van der Waals surface area (Å²) in [6, 6.07) is 10.9. The summed E-state index contributed by atoms with van der Waals surface area (Å²) < 4.78 is 4.83. The van der Waals surface area contributed by atoms with Crippen molar-refractivity contribution in [3.05, 3.63) is 52.5 Å². The van der Waals surface area contributed by atoms with E-state index in [0.717, 1.165) is 38.4 Å². The van der Waals surface area contributed by atoms with E-state index in [9.17, 15) is 4.79 Å². The third-order valence-corrected chi connectivity index (χ3v) is 5.01. The molecule has 7 heteroatoms. The number of halogens is 1. The van der Waals surface area contributed by atoms with Gasteiger partial charge in [0.05, 0.1) is 29.7 Å². The van der Waals surface area contributed by atoms with Crippen molar-refractivity contribution in [2.45, 2.75) is 6.54 Å². The van der Waals surface area contributed by atoms with Gasteiger partial charge in [-0.25, -0.2) is 4.79 Å². The Kier molecular flexibility index (Phi) is 6.21. The highest BCUT2D eigenvalue weighted by Crippen LogP contribution is 2.29. The van der Waals surface area contributed by atoms with Gasteiger partial charge in [0.1, 0.15) is 0 Å². The molecule has 0 aromatic heterocycles. The van der Waals surface area contributed by atoms with Crippen LogP contribution < -0.4 is 11.1 Å². The minimum Gasteiger partial charge on any atom is -0.465 e. The van der Waals surface area contributed by atoms with Gasteiger partial charge in [0.2, 0.25) is 0 Å². The molecule has 0 amide bonds. The molecule has 27 heavy (non-hydrogen) atoms. The Morgan fingerprint density at radius 3 is 2.56 bits per heavy atom. The van der Waals surface area contributed by atoms with E-state index in [1.165, 1.54) is 12.7 Å². The van der Waals surface area contributed by atoms with Crippen molar-refractivity contribution in [1.29, 1.82) is 0 Å². The largest absolute Gasteiger partial charge is 0.465 e. The summed E-state index contributed by atoms with van der Waals surface area (Å²) in [5, 5.41) is 3.73. The molecule has 0 saturated carbocycles. The normalized spacial score (nSPS) is 15.5. The zero-order chi connectivity index (χ0) is 19.4. The highest BCUT2D eigenvalue weighted by atomic mass is 35.5. The number of nitrogens with zero attached hydrogens (tertiary/aromatic N) is 2. The number of hydrogen-bond acceptors (Lipinski definition) is 6. The first-order valence-corrected chi connectivity index (χ1v) is 9.28. The fourth-order valence-electron chi connectivity index (χ4n) is 3.14. The number of anilines is 3. The monoisotopic (exact) mass is 388 g/mol. The molecule has 6 nitrogen and oxygen atoms in total. The van der Waals surface area contributed by atoms with Crippen molar-refractivity contribution in [2.75, 3.05) is 51.4 Å². The van der Waals surface area contributed by atoms with Crippen molar-refractivity contribution in [1.82, 2.24) is 9.80 Å². The van der Waals surface area contributed by atoms with Crippen LogP contribution in [0.5, 0.6) is 0 Å². The van der Waals surface area contributed by atoms with Gasteiger partial charge >= 0.3 is 5.97 Å². The quantitative estimate of drug-likeness (QED) is 0.605. The lowest BCUT2D eigenvalue weighted by Crippen LogP contribution is -2.43. The van der Waals surface area contributed by atoms with Crippen LogP contribution in [0.15, 0.2) is 36.4 Å². The van der Waals surface area contributed by atoms with Crippen molar-refractivity contribution in [3.8, 4) is 0 Å². The number of hydrogen-bond donors (Lipinski definition) is 2. The average Bonchev–Trinajstić information content (AvgIpc) is 2.65. The number of likely N-dealkylation sites (N-methyl/N-ethyl adjacent to an activating group) is 1. The molecule has 3 rings (SSSR count). The molecule has 0 spiro atoms. The Labute approximate surface area is 164 Å². The van der Waals surface area contributed by atoms with Crippen LogP contribution in [0.25, 0.3) is 0 Å². The third-order valence-electron chi connectivity index (χ3n) is 4.77. The van der Waals surface area contributed by atoms with Crippen molar-refractivity contribution >= 4 is 34.6 Å². The maximum atomic E-state index is 12.0. The lowest BCUT2D eigenvalue weighted by Gasteiger charge is -2.32. The Morgan fingerprint density at radius 1 is 1.15 bits per heavy atom. The number of nitrogens with two attached hydrogens (primary N) is 1. The van der Waals surface area contributed by atoms with Crippen molar-refractivity contribution < 1.29 is 9.53 Å². The first-order valence-electron chi connectivity index (χ1n) is 8.90. The SMILES string of the molecule is COC(=O)c1ccc(Cl)cc1Nc1ccc(CN2CCN(C)CC2)cc1N. The van der Waals surface area contributed by atoms with Crippen molar-refractivity contribution in [2.24, 2.45) is 0 Å². The highest BCUT2D eigenvalue weighted by Gasteiger charge is 2.16. The summed E-state index contributed by atoms with van der Waals surface area (Å²) in [7, 11) is 3.50. The number of carbonyl (C=O) groups is 1. The molecule has 1 fully saturated rings. The number of nitrogens with one attached hydrogen (secondary N) is 1. The van der Waals surface area contributed by atoms with Crippen LogP contribution in [-0.4, -0.2) is 56.1 Å². The molecule has 2 aromatic carbocycles. The average molecular weight is 389 g/mol. The van der Waals surface area contributed by atoms with Gasteiger partial charge in [0.25, 0.3) is 0 Å². The molecule has 2 aromatic rings. The summed E-state index contributed by atoms with van der Waals surface area (Å²) in [4.78, 5) is 16.7. The number of methoxy groups -OCH3 is 1. The van der Waals surface area contributed by atoms with Crippen LogP contribution in [0, 0.1) is 0 Å². The fraction of sp³-hybridized carbons (Fsp3) is 0.350. The summed E-state index contributed by atoms with van der Waals surface area (Å²) >= 11 is 6.08. The Morgan fingerprint density at radius 2 is 1.89 bits per heavy atom. The molecule has 0 bridgehead atoms. The maximum Gasteiger partial charge on any atom is 0.339 e. The van der Waals surface area contributed by atoms with Gasteiger partial charge in [-0.15, -0.1) is 0 Å². The predicted octanol–water partition coefficient (Wildman–Crippen LogP) is 3.20. The molecule has 0 atom stereocenters. The molecule has 0 radical (unpaired) electrons. The highest BCUT2D eigenvalue weighted by molar-refractivity contribution is 6.31. The van der Waals surface area contributed by atoms with Crippen LogP contribution >= 0.6 is 11.6 Å². The first kappa shape index (κ1) is 19.5. The van der Waals surface area contributed by atoms with E-state index >= 15 is 0 Å². The second kappa shape index (κ2) is 8.61. The Balaban J connectivity index is 1.75. The molecule has 3 N–H and O–H groups in total. The van der Waals surface area contributed by atoms with Gasteiger partial charge in [0, 0.05) is 37.7 Å². The molecular formula is C20H25ClN4O2. The Bertz CT molecular complexity index is 820. The number of carbonyl (C=O) groups excluding carboxylic acids is 1. The summed E-state index contributed by atoms with van der Waals surface area (Å²) in [5.41, 5.74) is 9.74. The zero-order valence-corrected chi connectivity index (χ0v) is 16.4. The van der Waals surface area contributed by atoms with Crippen LogP contribution in [0.3, 0.4) is 0 Å². The van der Waals surface area contributed by atoms with E-state index in [0.29, 0.717) is 22.0 Å². The second-order valence-electron chi connectivity index (χ2n) is 6.81. The van der Waals surface area contributed by atoms with Gasteiger partial charge in [-0.2, -0.15) is 0 Å². The first-order chi connectivity index (χ1) is 13.0. The molecular weight excluding hydrogens is 364 g/mol. The van der Waals surface area contributed by atoms with E-state index in [2.05, 4.69) is 28.2 Å². The van der Waals surface area contributed by atoms with Crippen LogP contribution in [0.2, 0.25) is 5.02 Å². The van der Waals surface area contributed by atoms with E-state index in [1.807, 2.05) is 12.1 Å². The topological polar surface area (TPSA) is 70.8 Å². The van der Waals surface area contributed by atoms with E-state index < -0.39 is 5.97 Å². The summed E-state index contributed by atoms with van der Waals surface area (Å²) in [6.45, 7) is 5.16. The smallest absolute Gasteiger partial charge is 0.339 e. The van der Waals surface area contributed by atoms with Gasteiger partial charge in [0.15, 0.2) is 0 Å². The zero-order valence-electron chi connectivity index (χ0n) is 15.7. The van der Waals surface area contributed by atoms with Crippen LogP contribution in [0.1, 0.15) is 15.9 Å². The van der Waals surface area contributed by atoms with E-state index in [1.54, 1.807) is 18.2 Å². The molecule has 144 valence electrons. The predicted molar refractivity (Wildman–Crippen MR) is 110 cm³/mol.